The third-order valence-corrected chi connectivity index (χ3v) is 3.03. The van der Waals surface area contributed by atoms with Crippen molar-refractivity contribution >= 4 is 17.5 Å². The molecule has 0 aromatic heterocycles. The molecule has 0 saturated heterocycles. The lowest BCUT2D eigenvalue weighted by molar-refractivity contribution is -0.384. The van der Waals surface area contributed by atoms with E-state index in [1.165, 1.54) is 12.1 Å². The van der Waals surface area contributed by atoms with Crippen LogP contribution in [0.5, 0.6) is 0 Å². The molecule has 0 fully saturated rings. The summed E-state index contributed by atoms with van der Waals surface area (Å²) in [5.74, 6) is 0. The lowest BCUT2D eigenvalue weighted by Gasteiger charge is -2.28. The molecule has 0 spiro atoms. The van der Waals surface area contributed by atoms with Crippen LogP contribution >= 0.6 is 0 Å². The fraction of sp³-hybridized carbons (Fsp3) is 0.500. The number of rotatable bonds is 2. The number of nitro benzene ring substituents is 1. The maximum absolute atomic E-state index is 11.7. The molecule has 1 heterocycles. The summed E-state index contributed by atoms with van der Waals surface area (Å²) >= 11 is 0. The number of benzene rings is 1. The first-order valence-corrected chi connectivity index (χ1v) is 6.75. The van der Waals surface area contributed by atoms with Gasteiger partial charge < -0.3 is 15.4 Å². The van der Waals surface area contributed by atoms with Crippen molar-refractivity contribution < 1.29 is 14.5 Å². The second-order valence-corrected chi connectivity index (χ2v) is 6.03. The first-order valence-electron chi connectivity index (χ1n) is 6.75. The molecule has 1 aliphatic heterocycles. The molecule has 1 amide bonds. The van der Waals surface area contributed by atoms with Crippen LogP contribution in [0.2, 0.25) is 0 Å². The molecule has 21 heavy (non-hydrogen) atoms. The molecule has 7 nitrogen and oxygen atoms in total. The molecule has 0 bridgehead atoms. The van der Waals surface area contributed by atoms with Gasteiger partial charge in [-0.3, -0.25) is 10.1 Å². The minimum Gasteiger partial charge on any atom is -0.444 e. The molecule has 0 saturated carbocycles. The van der Waals surface area contributed by atoms with Crippen LogP contribution in [0, 0.1) is 10.1 Å². The molecule has 2 rings (SSSR count). The third kappa shape index (κ3) is 4.08. The Balaban J connectivity index is 2.00. The lowest BCUT2D eigenvalue weighted by atomic mass is 9.99. The van der Waals surface area contributed by atoms with Crippen LogP contribution < -0.4 is 10.6 Å². The maximum atomic E-state index is 11.7. The summed E-state index contributed by atoms with van der Waals surface area (Å²) in [7, 11) is 0. The highest BCUT2D eigenvalue weighted by molar-refractivity contribution is 5.69. The van der Waals surface area contributed by atoms with Crippen molar-refractivity contribution in [1.82, 2.24) is 5.32 Å². The van der Waals surface area contributed by atoms with Gasteiger partial charge in [0.05, 0.1) is 11.0 Å². The van der Waals surface area contributed by atoms with E-state index in [1.807, 2.05) is 0 Å². The quantitative estimate of drug-likeness (QED) is 0.645. The number of carbonyl (C=O) groups is 1. The summed E-state index contributed by atoms with van der Waals surface area (Å²) in [6, 6.07) is 4.59. The van der Waals surface area contributed by atoms with Crippen LogP contribution in [0.3, 0.4) is 0 Å². The van der Waals surface area contributed by atoms with E-state index >= 15 is 0 Å². The van der Waals surface area contributed by atoms with Gasteiger partial charge in [0.25, 0.3) is 5.69 Å². The monoisotopic (exact) mass is 293 g/mol. The number of alkyl carbamates (subject to hydrolysis) is 1. The predicted octanol–water partition coefficient (Wildman–Crippen LogP) is 2.46. The highest BCUT2D eigenvalue weighted by Crippen LogP contribution is 2.26. The lowest BCUT2D eigenvalue weighted by Crippen LogP contribution is -2.45. The zero-order valence-electron chi connectivity index (χ0n) is 12.3. The van der Waals surface area contributed by atoms with E-state index in [4.69, 9.17) is 4.74 Å². The molecule has 114 valence electrons. The Hall–Kier alpha value is -2.31. The van der Waals surface area contributed by atoms with Gasteiger partial charge in [-0.2, -0.15) is 0 Å². The van der Waals surface area contributed by atoms with Gasteiger partial charge >= 0.3 is 6.09 Å². The van der Waals surface area contributed by atoms with Gasteiger partial charge in [0, 0.05) is 24.4 Å². The van der Waals surface area contributed by atoms with E-state index in [-0.39, 0.29) is 11.7 Å². The Morgan fingerprint density at radius 2 is 2.19 bits per heavy atom. The van der Waals surface area contributed by atoms with E-state index < -0.39 is 16.6 Å². The second kappa shape index (κ2) is 5.59. The predicted molar refractivity (Wildman–Crippen MR) is 78.4 cm³/mol. The fourth-order valence-corrected chi connectivity index (χ4v) is 2.17. The van der Waals surface area contributed by atoms with Gasteiger partial charge in [-0.25, -0.2) is 4.79 Å². The number of non-ortho nitro benzene ring substituents is 1. The Morgan fingerprint density at radius 1 is 1.48 bits per heavy atom. The SMILES string of the molecule is CC(C)(C)OC(=O)N[C@H]1CNc2cc([N+](=O)[O-])ccc2C1. The van der Waals surface area contributed by atoms with Crippen LogP contribution in [0.4, 0.5) is 16.2 Å². The van der Waals surface area contributed by atoms with E-state index in [9.17, 15) is 14.9 Å². The number of ether oxygens (including phenoxy) is 1. The molecule has 1 atom stereocenters. The summed E-state index contributed by atoms with van der Waals surface area (Å²) in [5, 5.41) is 16.6. The van der Waals surface area contributed by atoms with Crippen molar-refractivity contribution in [3.8, 4) is 0 Å². The number of nitrogens with one attached hydrogen (secondary N) is 2. The van der Waals surface area contributed by atoms with Crippen LogP contribution in [-0.2, 0) is 11.2 Å². The summed E-state index contributed by atoms with van der Waals surface area (Å²) < 4.78 is 5.21. The fourth-order valence-electron chi connectivity index (χ4n) is 2.17. The number of carbonyl (C=O) groups excluding carboxylic acids is 1. The summed E-state index contributed by atoms with van der Waals surface area (Å²) in [5.41, 5.74) is 1.20. The summed E-state index contributed by atoms with van der Waals surface area (Å²) in [4.78, 5) is 22.0. The number of nitrogens with zero attached hydrogens (tertiary/aromatic N) is 1. The molecule has 0 aliphatic carbocycles. The Morgan fingerprint density at radius 3 is 2.81 bits per heavy atom. The zero-order chi connectivity index (χ0) is 15.6. The highest BCUT2D eigenvalue weighted by atomic mass is 16.6. The maximum Gasteiger partial charge on any atom is 0.407 e. The molecule has 0 unspecified atom stereocenters. The Kier molecular flexibility index (Phi) is 4.02. The van der Waals surface area contributed by atoms with Crippen molar-refractivity contribution in [2.45, 2.75) is 38.8 Å². The van der Waals surface area contributed by atoms with Crippen molar-refractivity contribution in [1.29, 1.82) is 0 Å². The molecule has 1 aliphatic rings. The van der Waals surface area contributed by atoms with Crippen molar-refractivity contribution in [2.75, 3.05) is 11.9 Å². The standard InChI is InChI=1S/C14H19N3O4/c1-14(2,3)21-13(18)16-10-6-9-4-5-11(17(19)20)7-12(9)15-8-10/h4-5,7,10,15H,6,8H2,1-3H3,(H,16,18)/t10-/m1/s1. The van der Waals surface area contributed by atoms with Gasteiger partial charge in [-0.1, -0.05) is 6.07 Å². The average Bonchev–Trinajstić information content (AvgIpc) is 2.35. The number of anilines is 1. The number of nitro groups is 1. The molecule has 1 aromatic rings. The van der Waals surface area contributed by atoms with Crippen molar-refractivity contribution in [2.24, 2.45) is 0 Å². The second-order valence-electron chi connectivity index (χ2n) is 6.03. The molecule has 0 radical (unpaired) electrons. The Bertz CT molecular complexity index is 566. The molecule has 7 heteroatoms. The van der Waals surface area contributed by atoms with Gasteiger partial charge in [-0.05, 0) is 32.8 Å². The van der Waals surface area contributed by atoms with E-state index in [1.54, 1.807) is 26.8 Å². The topological polar surface area (TPSA) is 93.5 Å². The van der Waals surface area contributed by atoms with Crippen molar-refractivity contribution in [3.05, 3.63) is 33.9 Å². The normalized spacial score (nSPS) is 17.4. The number of hydrogen-bond donors (Lipinski definition) is 2. The largest absolute Gasteiger partial charge is 0.444 e. The van der Waals surface area contributed by atoms with Gasteiger partial charge in [0.1, 0.15) is 5.60 Å². The number of fused-ring (bicyclic) bond motifs is 1. The van der Waals surface area contributed by atoms with Crippen LogP contribution in [0.1, 0.15) is 26.3 Å². The third-order valence-electron chi connectivity index (χ3n) is 3.03. The Labute approximate surface area is 122 Å². The minimum absolute atomic E-state index is 0.0554. The minimum atomic E-state index is -0.537. The first-order chi connectivity index (χ1) is 9.74. The van der Waals surface area contributed by atoms with E-state index in [0.717, 1.165) is 11.3 Å². The van der Waals surface area contributed by atoms with Crippen molar-refractivity contribution in [3.63, 3.8) is 0 Å². The average molecular weight is 293 g/mol. The number of hydrogen-bond acceptors (Lipinski definition) is 5. The highest BCUT2D eigenvalue weighted by Gasteiger charge is 2.24. The summed E-state index contributed by atoms with van der Waals surface area (Å²) in [6.07, 6.45) is 0.152. The van der Waals surface area contributed by atoms with Gasteiger partial charge in [0.2, 0.25) is 0 Å². The summed E-state index contributed by atoms with van der Waals surface area (Å²) in [6.45, 7) is 5.92. The molecule has 2 N–H and O–H groups in total. The van der Waals surface area contributed by atoms with E-state index in [2.05, 4.69) is 10.6 Å². The molecular formula is C14H19N3O4. The van der Waals surface area contributed by atoms with Crippen LogP contribution in [0.25, 0.3) is 0 Å². The van der Waals surface area contributed by atoms with E-state index in [0.29, 0.717) is 13.0 Å². The van der Waals surface area contributed by atoms with Gasteiger partial charge in [-0.15, -0.1) is 0 Å². The first kappa shape index (κ1) is 15.1. The smallest absolute Gasteiger partial charge is 0.407 e. The zero-order valence-corrected chi connectivity index (χ0v) is 12.3. The van der Waals surface area contributed by atoms with Gasteiger partial charge in [0.15, 0.2) is 0 Å². The number of amides is 1. The van der Waals surface area contributed by atoms with Crippen LogP contribution in [0.15, 0.2) is 18.2 Å². The molecular weight excluding hydrogens is 274 g/mol. The van der Waals surface area contributed by atoms with Crippen LogP contribution in [-0.4, -0.2) is 29.2 Å². The molecule has 1 aromatic carbocycles.